The Bertz CT molecular complexity index is 377. The number of hydrogen-bond acceptors (Lipinski definition) is 5. The molecule has 1 rings (SSSR count). The fourth-order valence-electron chi connectivity index (χ4n) is 2.70. The van der Waals surface area contributed by atoms with E-state index in [0.717, 1.165) is 12.8 Å². The van der Waals surface area contributed by atoms with Crippen LogP contribution in [-0.2, 0) is 19.0 Å². The lowest BCUT2D eigenvalue weighted by Crippen LogP contribution is -2.49. The summed E-state index contributed by atoms with van der Waals surface area (Å²) in [5.41, 5.74) is -0.541. The van der Waals surface area contributed by atoms with E-state index in [9.17, 15) is 9.59 Å². The smallest absolute Gasteiger partial charge is 0.410 e. The van der Waals surface area contributed by atoms with Gasteiger partial charge in [0.05, 0.1) is 25.2 Å². The van der Waals surface area contributed by atoms with Crippen molar-refractivity contribution >= 4 is 12.1 Å². The van der Waals surface area contributed by atoms with Gasteiger partial charge in [0.2, 0.25) is 0 Å². The van der Waals surface area contributed by atoms with E-state index >= 15 is 0 Å². The fourth-order valence-corrected chi connectivity index (χ4v) is 2.70. The van der Waals surface area contributed by atoms with E-state index in [0.29, 0.717) is 6.54 Å². The number of methoxy groups -OCH3 is 2. The van der Waals surface area contributed by atoms with Crippen molar-refractivity contribution < 1.29 is 23.8 Å². The first-order chi connectivity index (χ1) is 9.71. The van der Waals surface area contributed by atoms with Crippen LogP contribution in [0, 0.1) is 5.92 Å². The van der Waals surface area contributed by atoms with Crippen molar-refractivity contribution in [2.75, 3.05) is 20.8 Å². The summed E-state index contributed by atoms with van der Waals surface area (Å²) in [4.78, 5) is 25.7. The maximum Gasteiger partial charge on any atom is 0.410 e. The number of nitrogens with zero attached hydrogens (tertiary/aromatic N) is 1. The molecule has 1 amide bonds. The van der Waals surface area contributed by atoms with Gasteiger partial charge in [0, 0.05) is 13.7 Å². The first-order valence-electron chi connectivity index (χ1n) is 7.31. The second-order valence-electron chi connectivity index (χ2n) is 6.40. The fraction of sp³-hybridized carbons (Fsp3) is 0.867. The molecule has 0 saturated carbocycles. The van der Waals surface area contributed by atoms with Crippen molar-refractivity contribution in [3.63, 3.8) is 0 Å². The lowest BCUT2D eigenvalue weighted by Gasteiger charge is -2.34. The molecule has 1 fully saturated rings. The van der Waals surface area contributed by atoms with Gasteiger partial charge in [-0.1, -0.05) is 0 Å². The third-order valence-corrected chi connectivity index (χ3v) is 3.64. The topological polar surface area (TPSA) is 65.1 Å². The zero-order chi connectivity index (χ0) is 16.2. The molecule has 0 aliphatic carbocycles. The number of hydrogen-bond donors (Lipinski definition) is 0. The Kier molecular flexibility index (Phi) is 6.01. The SMILES string of the molecule is COC(=O)[C@H](C)[C@@H](OC)[C@@H]1CCCN1C(=O)OC(C)(C)C. The Morgan fingerprint density at radius 3 is 2.33 bits per heavy atom. The molecule has 1 heterocycles. The highest BCUT2D eigenvalue weighted by atomic mass is 16.6. The predicted octanol–water partition coefficient (Wildman–Crippen LogP) is 2.21. The van der Waals surface area contributed by atoms with E-state index in [4.69, 9.17) is 14.2 Å². The predicted molar refractivity (Wildman–Crippen MR) is 77.9 cm³/mol. The molecule has 1 aliphatic rings. The largest absolute Gasteiger partial charge is 0.469 e. The summed E-state index contributed by atoms with van der Waals surface area (Å²) >= 11 is 0. The second kappa shape index (κ2) is 7.11. The van der Waals surface area contributed by atoms with Crippen molar-refractivity contribution in [1.82, 2.24) is 4.90 Å². The molecule has 0 spiro atoms. The summed E-state index contributed by atoms with van der Waals surface area (Å²) in [5.74, 6) is -0.772. The molecule has 0 radical (unpaired) electrons. The van der Waals surface area contributed by atoms with Gasteiger partial charge in [0.15, 0.2) is 0 Å². The van der Waals surface area contributed by atoms with Crippen LogP contribution in [-0.4, -0.2) is 55.5 Å². The van der Waals surface area contributed by atoms with Crippen LogP contribution in [0.25, 0.3) is 0 Å². The highest BCUT2D eigenvalue weighted by molar-refractivity contribution is 5.73. The van der Waals surface area contributed by atoms with E-state index in [2.05, 4.69) is 0 Å². The number of amides is 1. The van der Waals surface area contributed by atoms with Crippen LogP contribution in [0.3, 0.4) is 0 Å². The Balaban J connectivity index is 2.83. The lowest BCUT2D eigenvalue weighted by atomic mass is 9.96. The summed E-state index contributed by atoms with van der Waals surface area (Å²) < 4.78 is 15.7. The molecule has 1 aliphatic heterocycles. The average Bonchev–Trinajstić information content (AvgIpc) is 2.85. The second-order valence-corrected chi connectivity index (χ2v) is 6.40. The minimum Gasteiger partial charge on any atom is -0.469 e. The number of carbonyl (C=O) groups excluding carboxylic acids is 2. The summed E-state index contributed by atoms with van der Waals surface area (Å²) in [7, 11) is 2.90. The number of rotatable bonds is 4. The maximum absolute atomic E-state index is 12.3. The van der Waals surface area contributed by atoms with E-state index in [1.54, 1.807) is 18.9 Å². The van der Waals surface area contributed by atoms with Crippen LogP contribution in [0.2, 0.25) is 0 Å². The quantitative estimate of drug-likeness (QED) is 0.745. The molecule has 6 nitrogen and oxygen atoms in total. The van der Waals surface area contributed by atoms with Gasteiger partial charge in [0.25, 0.3) is 0 Å². The molecule has 0 N–H and O–H groups in total. The first-order valence-corrected chi connectivity index (χ1v) is 7.31. The minimum atomic E-state index is -0.541. The van der Waals surface area contributed by atoms with Gasteiger partial charge in [-0.05, 0) is 40.5 Å². The van der Waals surface area contributed by atoms with Crippen molar-refractivity contribution in [2.24, 2.45) is 5.92 Å². The van der Waals surface area contributed by atoms with E-state index in [1.807, 2.05) is 20.8 Å². The molecule has 3 atom stereocenters. The number of likely N-dealkylation sites (tertiary alicyclic amines) is 1. The minimum absolute atomic E-state index is 0.168. The van der Waals surface area contributed by atoms with Gasteiger partial charge in [-0.25, -0.2) is 4.79 Å². The molecule has 21 heavy (non-hydrogen) atoms. The van der Waals surface area contributed by atoms with E-state index < -0.39 is 17.6 Å². The molecular weight excluding hydrogens is 274 g/mol. The summed E-state index contributed by atoms with van der Waals surface area (Å²) in [6.07, 6.45) is 0.910. The molecule has 0 aromatic heterocycles. The zero-order valence-electron chi connectivity index (χ0n) is 13.8. The third-order valence-electron chi connectivity index (χ3n) is 3.64. The van der Waals surface area contributed by atoms with Crippen LogP contribution in [0.4, 0.5) is 4.79 Å². The van der Waals surface area contributed by atoms with Gasteiger partial charge < -0.3 is 19.1 Å². The highest BCUT2D eigenvalue weighted by Gasteiger charge is 2.41. The van der Waals surface area contributed by atoms with Gasteiger partial charge in [-0.2, -0.15) is 0 Å². The first kappa shape index (κ1) is 17.8. The lowest BCUT2D eigenvalue weighted by molar-refractivity contribution is -0.151. The Morgan fingerprint density at radius 2 is 1.86 bits per heavy atom. The molecular formula is C15H27NO5. The van der Waals surface area contributed by atoms with Crippen molar-refractivity contribution in [1.29, 1.82) is 0 Å². The molecule has 0 aromatic rings. The van der Waals surface area contributed by atoms with Gasteiger partial charge in [-0.15, -0.1) is 0 Å². The van der Waals surface area contributed by atoms with E-state index in [-0.39, 0.29) is 18.1 Å². The number of carbonyl (C=O) groups is 2. The number of esters is 1. The molecule has 0 aromatic carbocycles. The molecule has 6 heteroatoms. The standard InChI is InChI=1S/C15H27NO5/c1-10(13(17)20-6)12(19-5)11-8-7-9-16(11)14(18)21-15(2,3)4/h10-12H,7-9H2,1-6H3/t10-,11+,12-/m1/s1. The number of ether oxygens (including phenoxy) is 3. The van der Waals surface area contributed by atoms with Crippen LogP contribution >= 0.6 is 0 Å². The van der Waals surface area contributed by atoms with Crippen LogP contribution < -0.4 is 0 Å². The maximum atomic E-state index is 12.3. The summed E-state index contributed by atoms with van der Waals surface area (Å²) in [5, 5.41) is 0. The van der Waals surface area contributed by atoms with Gasteiger partial charge in [0.1, 0.15) is 5.60 Å². The van der Waals surface area contributed by atoms with Gasteiger partial charge in [-0.3, -0.25) is 4.79 Å². The zero-order valence-corrected chi connectivity index (χ0v) is 13.8. The Morgan fingerprint density at radius 1 is 1.24 bits per heavy atom. The molecule has 0 unspecified atom stereocenters. The third kappa shape index (κ3) is 4.59. The highest BCUT2D eigenvalue weighted by Crippen LogP contribution is 2.28. The molecule has 122 valence electrons. The summed E-state index contributed by atoms with van der Waals surface area (Å²) in [6.45, 7) is 7.88. The van der Waals surface area contributed by atoms with Crippen LogP contribution in [0.15, 0.2) is 0 Å². The average molecular weight is 301 g/mol. The Labute approximate surface area is 126 Å². The van der Waals surface area contributed by atoms with Crippen molar-refractivity contribution in [3.8, 4) is 0 Å². The molecule has 0 bridgehead atoms. The van der Waals surface area contributed by atoms with Crippen molar-refractivity contribution in [3.05, 3.63) is 0 Å². The molecule has 1 saturated heterocycles. The van der Waals surface area contributed by atoms with Gasteiger partial charge >= 0.3 is 12.1 Å². The Hall–Kier alpha value is -1.30. The van der Waals surface area contributed by atoms with Crippen LogP contribution in [0.5, 0.6) is 0 Å². The van der Waals surface area contributed by atoms with Crippen molar-refractivity contribution in [2.45, 2.75) is 58.3 Å². The normalized spacial score (nSPS) is 21.8. The summed E-state index contributed by atoms with van der Waals surface area (Å²) in [6, 6.07) is -0.168. The van der Waals surface area contributed by atoms with Crippen LogP contribution in [0.1, 0.15) is 40.5 Å². The van der Waals surface area contributed by atoms with E-state index in [1.165, 1.54) is 7.11 Å². The monoisotopic (exact) mass is 301 g/mol.